The Hall–Kier alpha value is -1.01. The van der Waals surface area contributed by atoms with Crippen LogP contribution in [-0.4, -0.2) is 16.5 Å². The Bertz CT molecular complexity index is 632. The molecule has 1 aromatic carbocycles. The van der Waals surface area contributed by atoms with Crippen LogP contribution in [0.1, 0.15) is 19.0 Å². The van der Waals surface area contributed by atoms with E-state index in [-0.39, 0.29) is 5.82 Å². The Balaban J connectivity index is 2.45. The molecule has 1 aromatic heterocycles. The van der Waals surface area contributed by atoms with Gasteiger partial charge < -0.3 is 5.32 Å². The minimum atomic E-state index is -0.390. The maximum atomic E-state index is 14.0. The van der Waals surface area contributed by atoms with Gasteiger partial charge in [0.15, 0.2) is 17.5 Å². The van der Waals surface area contributed by atoms with Crippen LogP contribution in [0.4, 0.5) is 10.2 Å². The van der Waals surface area contributed by atoms with Crippen LogP contribution in [0.2, 0.25) is 0 Å². The van der Waals surface area contributed by atoms with Crippen LogP contribution in [-0.2, 0) is 0 Å². The van der Waals surface area contributed by atoms with E-state index < -0.39 is 5.82 Å². The van der Waals surface area contributed by atoms with Gasteiger partial charge in [-0.15, -0.1) is 0 Å². The maximum Gasteiger partial charge on any atom is 0.186 e. The quantitative estimate of drug-likeness (QED) is 0.787. The number of benzene rings is 1. The highest BCUT2D eigenvalue weighted by atomic mass is 79.9. The standard InChI is InChI=1S/C14H14Br2FN3/c1-3-6-18-14-12(17)8(2)19-13(20-14)9-4-5-10(15)11(16)7-9/h4-5,7H,3,6H2,1-2H3,(H,18,19,20). The van der Waals surface area contributed by atoms with E-state index in [4.69, 9.17) is 0 Å². The van der Waals surface area contributed by atoms with E-state index in [2.05, 4.69) is 47.1 Å². The summed E-state index contributed by atoms with van der Waals surface area (Å²) >= 11 is 6.86. The van der Waals surface area contributed by atoms with Gasteiger partial charge in [0, 0.05) is 21.1 Å². The fraction of sp³-hybridized carbons (Fsp3) is 0.286. The molecule has 0 bridgehead atoms. The first kappa shape index (κ1) is 15.4. The van der Waals surface area contributed by atoms with E-state index in [1.807, 2.05) is 25.1 Å². The van der Waals surface area contributed by atoms with Crippen molar-refractivity contribution >= 4 is 37.7 Å². The van der Waals surface area contributed by atoms with Gasteiger partial charge in [0.1, 0.15) is 0 Å². The molecule has 0 aliphatic heterocycles. The molecule has 106 valence electrons. The lowest BCUT2D eigenvalue weighted by atomic mass is 10.2. The third-order valence-electron chi connectivity index (χ3n) is 2.74. The lowest BCUT2D eigenvalue weighted by molar-refractivity contribution is 0.605. The van der Waals surface area contributed by atoms with Gasteiger partial charge in [-0.1, -0.05) is 6.92 Å². The molecule has 0 aliphatic carbocycles. The van der Waals surface area contributed by atoms with Gasteiger partial charge in [-0.2, -0.15) is 0 Å². The van der Waals surface area contributed by atoms with Crippen molar-refractivity contribution in [2.45, 2.75) is 20.3 Å². The SMILES string of the molecule is CCCNc1nc(-c2ccc(Br)c(Br)c2)nc(C)c1F. The van der Waals surface area contributed by atoms with Crippen LogP contribution < -0.4 is 5.32 Å². The Morgan fingerprint density at radius 1 is 1.20 bits per heavy atom. The van der Waals surface area contributed by atoms with Crippen molar-refractivity contribution in [1.29, 1.82) is 0 Å². The highest BCUT2D eigenvalue weighted by Gasteiger charge is 2.13. The highest BCUT2D eigenvalue weighted by molar-refractivity contribution is 9.13. The summed E-state index contributed by atoms with van der Waals surface area (Å²) in [5, 5.41) is 2.99. The molecule has 2 rings (SSSR count). The summed E-state index contributed by atoms with van der Waals surface area (Å²) in [7, 11) is 0. The predicted molar refractivity (Wildman–Crippen MR) is 86.3 cm³/mol. The minimum Gasteiger partial charge on any atom is -0.368 e. The second-order valence-electron chi connectivity index (χ2n) is 4.35. The number of nitrogens with one attached hydrogen (secondary N) is 1. The van der Waals surface area contributed by atoms with E-state index in [0.717, 1.165) is 20.9 Å². The maximum absolute atomic E-state index is 14.0. The van der Waals surface area contributed by atoms with E-state index in [0.29, 0.717) is 18.1 Å². The molecule has 2 aromatic rings. The molecular weight excluding hydrogens is 389 g/mol. The lowest BCUT2D eigenvalue weighted by Gasteiger charge is -2.10. The van der Waals surface area contributed by atoms with Crippen molar-refractivity contribution in [2.75, 3.05) is 11.9 Å². The number of anilines is 1. The molecule has 0 fully saturated rings. The average molecular weight is 403 g/mol. The summed E-state index contributed by atoms with van der Waals surface area (Å²) in [5.74, 6) is 0.377. The largest absolute Gasteiger partial charge is 0.368 e. The first-order chi connectivity index (χ1) is 9.52. The molecule has 20 heavy (non-hydrogen) atoms. The number of halogens is 3. The highest BCUT2D eigenvalue weighted by Crippen LogP contribution is 2.28. The number of aryl methyl sites for hydroxylation is 1. The molecule has 0 saturated carbocycles. The number of hydrogen-bond donors (Lipinski definition) is 1. The van der Waals surface area contributed by atoms with Crippen LogP contribution in [0.5, 0.6) is 0 Å². The van der Waals surface area contributed by atoms with Gasteiger partial charge in [-0.25, -0.2) is 14.4 Å². The molecule has 0 aliphatic rings. The zero-order valence-corrected chi connectivity index (χ0v) is 14.3. The molecule has 6 heteroatoms. The number of rotatable bonds is 4. The molecule has 1 heterocycles. The second-order valence-corrected chi connectivity index (χ2v) is 6.06. The van der Waals surface area contributed by atoms with Crippen molar-refractivity contribution in [3.05, 3.63) is 38.7 Å². The van der Waals surface area contributed by atoms with Crippen LogP contribution in [0.3, 0.4) is 0 Å². The molecule has 3 nitrogen and oxygen atoms in total. The predicted octanol–water partition coefficient (Wildman–Crippen LogP) is 4.94. The first-order valence-corrected chi connectivity index (χ1v) is 7.85. The van der Waals surface area contributed by atoms with E-state index in [1.165, 1.54) is 0 Å². The van der Waals surface area contributed by atoms with Gasteiger partial charge in [0.05, 0.1) is 5.69 Å². The summed E-state index contributed by atoms with van der Waals surface area (Å²) in [6, 6.07) is 5.70. The normalized spacial score (nSPS) is 10.7. The van der Waals surface area contributed by atoms with Crippen LogP contribution >= 0.6 is 31.9 Å². The van der Waals surface area contributed by atoms with E-state index in [1.54, 1.807) is 6.92 Å². The molecule has 0 radical (unpaired) electrons. The van der Waals surface area contributed by atoms with Crippen molar-refractivity contribution in [2.24, 2.45) is 0 Å². The third kappa shape index (κ3) is 3.35. The van der Waals surface area contributed by atoms with Gasteiger partial charge in [-0.3, -0.25) is 0 Å². The molecule has 0 atom stereocenters. The van der Waals surface area contributed by atoms with Gasteiger partial charge >= 0.3 is 0 Å². The first-order valence-electron chi connectivity index (χ1n) is 6.26. The Kier molecular flexibility index (Phi) is 5.10. The molecule has 0 saturated heterocycles. The topological polar surface area (TPSA) is 37.8 Å². The summed E-state index contributed by atoms with van der Waals surface area (Å²) in [6.45, 7) is 4.34. The number of nitrogens with zero attached hydrogens (tertiary/aromatic N) is 2. The summed E-state index contributed by atoms with van der Waals surface area (Å²) < 4.78 is 15.8. The smallest absolute Gasteiger partial charge is 0.186 e. The fourth-order valence-corrected chi connectivity index (χ4v) is 2.31. The monoisotopic (exact) mass is 401 g/mol. The summed E-state index contributed by atoms with van der Waals surface area (Å²) in [6.07, 6.45) is 0.904. The summed E-state index contributed by atoms with van der Waals surface area (Å²) in [4.78, 5) is 8.50. The van der Waals surface area contributed by atoms with E-state index in [9.17, 15) is 4.39 Å². The molecule has 0 amide bonds. The summed E-state index contributed by atoms with van der Waals surface area (Å²) in [5.41, 5.74) is 1.18. The Labute approximate surface area is 134 Å². The second kappa shape index (κ2) is 6.63. The molecule has 0 unspecified atom stereocenters. The number of aromatic nitrogens is 2. The molecular formula is C14H14Br2FN3. The third-order valence-corrected chi connectivity index (χ3v) is 4.62. The van der Waals surface area contributed by atoms with Crippen LogP contribution in [0.15, 0.2) is 27.1 Å². The van der Waals surface area contributed by atoms with Crippen molar-refractivity contribution < 1.29 is 4.39 Å². The average Bonchev–Trinajstić information content (AvgIpc) is 2.43. The van der Waals surface area contributed by atoms with E-state index >= 15 is 0 Å². The van der Waals surface area contributed by atoms with Gasteiger partial charge in [-0.05, 0) is 63.4 Å². The number of hydrogen-bond acceptors (Lipinski definition) is 3. The molecule has 0 spiro atoms. The van der Waals surface area contributed by atoms with Crippen molar-refractivity contribution in [1.82, 2.24) is 9.97 Å². The van der Waals surface area contributed by atoms with Crippen molar-refractivity contribution in [3.63, 3.8) is 0 Å². The van der Waals surface area contributed by atoms with Crippen LogP contribution in [0.25, 0.3) is 11.4 Å². The fourth-order valence-electron chi connectivity index (χ4n) is 1.68. The Morgan fingerprint density at radius 3 is 2.60 bits per heavy atom. The zero-order chi connectivity index (χ0) is 14.7. The lowest BCUT2D eigenvalue weighted by Crippen LogP contribution is -2.08. The van der Waals surface area contributed by atoms with Crippen molar-refractivity contribution in [3.8, 4) is 11.4 Å². The zero-order valence-electron chi connectivity index (χ0n) is 11.2. The van der Waals surface area contributed by atoms with Gasteiger partial charge in [0.2, 0.25) is 0 Å². The minimum absolute atomic E-state index is 0.258. The molecule has 1 N–H and O–H groups in total. The van der Waals surface area contributed by atoms with Crippen LogP contribution in [0, 0.1) is 12.7 Å². The van der Waals surface area contributed by atoms with Gasteiger partial charge in [0.25, 0.3) is 0 Å². The Morgan fingerprint density at radius 2 is 1.95 bits per heavy atom.